The number of anilines is 2. The topological polar surface area (TPSA) is 102 Å². The Balaban J connectivity index is 2.22. The van der Waals surface area contributed by atoms with Crippen LogP contribution in [-0.4, -0.2) is 28.1 Å². The lowest BCUT2D eigenvalue weighted by molar-refractivity contribution is 0.291. The van der Waals surface area contributed by atoms with E-state index in [0.717, 1.165) is 12.2 Å². The van der Waals surface area contributed by atoms with Gasteiger partial charge in [-0.3, -0.25) is 5.43 Å². The molecule has 0 aliphatic heterocycles. The number of aromatic nitrogens is 3. The van der Waals surface area contributed by atoms with Crippen LogP contribution in [0.1, 0.15) is 26.0 Å². The zero-order valence-corrected chi connectivity index (χ0v) is 12.2. The van der Waals surface area contributed by atoms with Gasteiger partial charge in [0.15, 0.2) is 0 Å². The van der Waals surface area contributed by atoms with Crippen molar-refractivity contribution in [2.75, 3.05) is 23.5 Å². The number of furan rings is 1. The van der Waals surface area contributed by atoms with Crippen molar-refractivity contribution in [1.29, 1.82) is 0 Å². The van der Waals surface area contributed by atoms with E-state index < -0.39 is 0 Å². The number of hydrazine groups is 1. The van der Waals surface area contributed by atoms with E-state index in [-0.39, 0.29) is 12.0 Å². The number of rotatable bonds is 8. The maximum absolute atomic E-state index is 5.46. The summed E-state index contributed by atoms with van der Waals surface area (Å²) in [5, 5.41) is 0. The first kappa shape index (κ1) is 15.0. The lowest BCUT2D eigenvalue weighted by Crippen LogP contribution is -2.25. The predicted molar refractivity (Wildman–Crippen MR) is 78.9 cm³/mol. The van der Waals surface area contributed by atoms with Crippen LogP contribution >= 0.6 is 0 Å². The molecule has 0 bridgehead atoms. The summed E-state index contributed by atoms with van der Waals surface area (Å²) in [6.07, 6.45) is 2.51. The largest absolute Gasteiger partial charge is 0.467 e. The summed E-state index contributed by atoms with van der Waals surface area (Å²) in [7, 11) is 0. The first-order valence-corrected chi connectivity index (χ1v) is 6.89. The highest BCUT2D eigenvalue weighted by molar-refractivity contribution is 5.38. The molecule has 0 aliphatic rings. The summed E-state index contributed by atoms with van der Waals surface area (Å²) in [6.45, 7) is 5.83. The lowest BCUT2D eigenvalue weighted by atomic mass is 10.4. The summed E-state index contributed by atoms with van der Waals surface area (Å²) in [5.41, 5.74) is 2.43. The molecule has 8 nitrogen and oxygen atoms in total. The van der Waals surface area contributed by atoms with Gasteiger partial charge in [0.25, 0.3) is 0 Å². The van der Waals surface area contributed by atoms with Gasteiger partial charge < -0.3 is 14.1 Å². The fraction of sp³-hybridized carbons (Fsp3) is 0.462. The van der Waals surface area contributed by atoms with Crippen molar-refractivity contribution in [2.24, 2.45) is 5.84 Å². The average molecular weight is 292 g/mol. The molecule has 0 saturated heterocycles. The van der Waals surface area contributed by atoms with E-state index in [9.17, 15) is 0 Å². The second-order valence-electron chi connectivity index (χ2n) is 4.33. The van der Waals surface area contributed by atoms with Gasteiger partial charge in [-0.05, 0) is 25.5 Å². The standard InChI is InChI=1S/C13H20N6O2/c1-3-7-21-13-16-11(18-14)15-12(17-13)19(4-2)9-10-6-5-8-20-10/h5-6,8H,3-4,7,9,14H2,1-2H3,(H,15,16,17,18). The van der Waals surface area contributed by atoms with Crippen LogP contribution < -0.4 is 20.9 Å². The van der Waals surface area contributed by atoms with Crippen LogP contribution in [0.25, 0.3) is 0 Å². The molecule has 2 rings (SSSR count). The van der Waals surface area contributed by atoms with E-state index >= 15 is 0 Å². The second kappa shape index (κ2) is 7.44. The van der Waals surface area contributed by atoms with Crippen molar-refractivity contribution in [3.05, 3.63) is 24.2 Å². The quantitative estimate of drug-likeness (QED) is 0.558. The Morgan fingerprint density at radius 2 is 2.19 bits per heavy atom. The maximum Gasteiger partial charge on any atom is 0.323 e. The number of nitrogens with zero attached hydrogens (tertiary/aromatic N) is 4. The molecule has 21 heavy (non-hydrogen) atoms. The Labute approximate surface area is 123 Å². The van der Waals surface area contributed by atoms with E-state index in [0.29, 0.717) is 25.6 Å². The van der Waals surface area contributed by atoms with Gasteiger partial charge in [-0.15, -0.1) is 0 Å². The summed E-state index contributed by atoms with van der Waals surface area (Å²) in [6, 6.07) is 4.01. The molecule has 8 heteroatoms. The van der Waals surface area contributed by atoms with Crippen LogP contribution in [0.2, 0.25) is 0 Å². The monoisotopic (exact) mass is 292 g/mol. The van der Waals surface area contributed by atoms with Crippen molar-refractivity contribution in [1.82, 2.24) is 15.0 Å². The molecular formula is C13H20N6O2. The zero-order valence-electron chi connectivity index (χ0n) is 12.2. The molecule has 0 radical (unpaired) electrons. The van der Waals surface area contributed by atoms with Gasteiger partial charge in [-0.25, -0.2) is 5.84 Å². The summed E-state index contributed by atoms with van der Waals surface area (Å²) in [4.78, 5) is 14.6. The minimum absolute atomic E-state index is 0.257. The number of ether oxygens (including phenoxy) is 1. The van der Waals surface area contributed by atoms with Crippen LogP contribution in [0, 0.1) is 0 Å². The van der Waals surface area contributed by atoms with Gasteiger partial charge in [-0.1, -0.05) is 6.92 Å². The fourth-order valence-electron chi connectivity index (χ4n) is 1.72. The minimum atomic E-state index is 0.257. The molecule has 0 amide bonds. The molecule has 2 aromatic heterocycles. The molecule has 0 fully saturated rings. The Morgan fingerprint density at radius 1 is 1.33 bits per heavy atom. The van der Waals surface area contributed by atoms with Gasteiger partial charge in [0, 0.05) is 6.54 Å². The maximum atomic E-state index is 5.46. The van der Waals surface area contributed by atoms with Gasteiger partial charge >= 0.3 is 6.01 Å². The number of nitrogens with one attached hydrogen (secondary N) is 1. The minimum Gasteiger partial charge on any atom is -0.467 e. The SMILES string of the molecule is CCCOc1nc(NN)nc(N(CC)Cc2ccco2)n1. The first-order valence-electron chi connectivity index (χ1n) is 6.89. The van der Waals surface area contributed by atoms with Gasteiger partial charge in [0.2, 0.25) is 11.9 Å². The Hall–Kier alpha value is -2.35. The number of hydrogen-bond acceptors (Lipinski definition) is 8. The highest BCUT2D eigenvalue weighted by Crippen LogP contribution is 2.17. The molecule has 2 heterocycles. The van der Waals surface area contributed by atoms with E-state index in [1.165, 1.54) is 0 Å². The highest BCUT2D eigenvalue weighted by atomic mass is 16.5. The molecule has 0 spiro atoms. The molecule has 2 aromatic rings. The molecular weight excluding hydrogens is 272 g/mol. The van der Waals surface area contributed by atoms with E-state index in [1.54, 1.807) is 6.26 Å². The Bertz CT molecular complexity index is 546. The van der Waals surface area contributed by atoms with Crippen molar-refractivity contribution in [2.45, 2.75) is 26.8 Å². The number of nitrogens with two attached hydrogens (primary N) is 1. The summed E-state index contributed by atoms with van der Waals surface area (Å²) < 4.78 is 10.8. The summed E-state index contributed by atoms with van der Waals surface area (Å²) in [5.74, 6) is 6.98. The molecule has 0 aliphatic carbocycles. The van der Waals surface area contributed by atoms with Crippen LogP contribution in [0.15, 0.2) is 22.8 Å². The van der Waals surface area contributed by atoms with Gasteiger partial charge in [0.1, 0.15) is 5.76 Å². The van der Waals surface area contributed by atoms with E-state index in [1.807, 2.05) is 30.9 Å². The van der Waals surface area contributed by atoms with E-state index in [2.05, 4.69) is 20.4 Å². The molecule has 0 saturated carbocycles. The summed E-state index contributed by atoms with van der Waals surface area (Å²) >= 11 is 0. The predicted octanol–water partition coefficient (Wildman–Crippen LogP) is 1.57. The van der Waals surface area contributed by atoms with Gasteiger partial charge in [-0.2, -0.15) is 15.0 Å². The molecule has 0 atom stereocenters. The van der Waals surface area contributed by atoms with Crippen LogP contribution in [0.5, 0.6) is 6.01 Å². The smallest absolute Gasteiger partial charge is 0.323 e. The molecule has 114 valence electrons. The van der Waals surface area contributed by atoms with Crippen molar-refractivity contribution < 1.29 is 9.15 Å². The molecule has 0 aromatic carbocycles. The molecule has 3 N–H and O–H groups in total. The first-order chi connectivity index (χ1) is 10.3. The zero-order chi connectivity index (χ0) is 15.1. The normalized spacial score (nSPS) is 10.4. The van der Waals surface area contributed by atoms with Crippen LogP contribution in [-0.2, 0) is 6.54 Å². The fourth-order valence-corrected chi connectivity index (χ4v) is 1.72. The molecule has 0 unspecified atom stereocenters. The third-order valence-electron chi connectivity index (χ3n) is 2.76. The van der Waals surface area contributed by atoms with E-state index in [4.69, 9.17) is 15.0 Å². The second-order valence-corrected chi connectivity index (χ2v) is 4.33. The highest BCUT2D eigenvalue weighted by Gasteiger charge is 2.14. The number of nitrogen functional groups attached to an aromatic ring is 1. The number of hydrogen-bond donors (Lipinski definition) is 2. The third kappa shape index (κ3) is 4.06. The average Bonchev–Trinajstić information content (AvgIpc) is 3.03. The van der Waals surface area contributed by atoms with Crippen molar-refractivity contribution in [3.63, 3.8) is 0 Å². The van der Waals surface area contributed by atoms with Crippen molar-refractivity contribution >= 4 is 11.9 Å². The van der Waals surface area contributed by atoms with Gasteiger partial charge in [0.05, 0.1) is 19.4 Å². The van der Waals surface area contributed by atoms with Crippen molar-refractivity contribution in [3.8, 4) is 6.01 Å². The van der Waals surface area contributed by atoms with Crippen LogP contribution in [0.3, 0.4) is 0 Å². The Kier molecular flexibility index (Phi) is 5.33. The lowest BCUT2D eigenvalue weighted by Gasteiger charge is -2.20. The van der Waals surface area contributed by atoms with Crippen LogP contribution in [0.4, 0.5) is 11.9 Å². The Morgan fingerprint density at radius 3 is 2.81 bits per heavy atom. The third-order valence-corrected chi connectivity index (χ3v) is 2.76.